The van der Waals surface area contributed by atoms with Crippen LogP contribution >= 0.6 is 0 Å². The maximum absolute atomic E-state index is 9.29. The highest BCUT2D eigenvalue weighted by atomic mass is 16.5. The number of rotatable bonds is 7. The third-order valence-corrected chi connectivity index (χ3v) is 3.19. The summed E-state index contributed by atoms with van der Waals surface area (Å²) in [7, 11) is 3.49. The van der Waals surface area contributed by atoms with Gasteiger partial charge in [-0.1, -0.05) is 13.8 Å². The van der Waals surface area contributed by atoms with Gasteiger partial charge in [0, 0.05) is 38.2 Å². The lowest BCUT2D eigenvalue weighted by Crippen LogP contribution is -2.34. The van der Waals surface area contributed by atoms with Gasteiger partial charge >= 0.3 is 0 Å². The Morgan fingerprint density at radius 2 is 2.29 bits per heavy atom. The fraction of sp³-hybridized carbons (Fsp3) is 0.750. The summed E-state index contributed by atoms with van der Waals surface area (Å²) in [6.45, 7) is 5.81. The number of nitrogens with one attached hydrogen (secondary N) is 1. The molecule has 0 fully saturated rings. The van der Waals surface area contributed by atoms with Crippen LogP contribution in [0.4, 0.5) is 0 Å². The molecule has 0 aliphatic heterocycles. The standard InChI is InChI=1S/C12H23N3O2/c1-5-12(2,9-16)8-13-7-10-6-11(17-4)15(3)14-10/h6,13,16H,5,7-9H2,1-4H3. The summed E-state index contributed by atoms with van der Waals surface area (Å²) in [5, 5.41) is 16.9. The minimum absolute atomic E-state index is 0.0567. The summed E-state index contributed by atoms with van der Waals surface area (Å²) in [4.78, 5) is 0. The molecule has 17 heavy (non-hydrogen) atoms. The number of hydrogen-bond acceptors (Lipinski definition) is 4. The number of methoxy groups -OCH3 is 1. The van der Waals surface area contributed by atoms with Crippen molar-refractivity contribution < 1.29 is 9.84 Å². The highest BCUT2D eigenvalue weighted by molar-refractivity contribution is 5.15. The number of nitrogens with zero attached hydrogens (tertiary/aromatic N) is 2. The molecule has 1 aromatic rings. The Bertz CT molecular complexity index is 346. The van der Waals surface area contributed by atoms with Crippen molar-refractivity contribution in [1.29, 1.82) is 0 Å². The fourth-order valence-corrected chi connectivity index (χ4v) is 1.57. The predicted molar refractivity (Wildman–Crippen MR) is 67.0 cm³/mol. The van der Waals surface area contributed by atoms with Crippen molar-refractivity contribution in [1.82, 2.24) is 15.1 Å². The Morgan fingerprint density at radius 1 is 1.59 bits per heavy atom. The van der Waals surface area contributed by atoms with Gasteiger partial charge in [-0.15, -0.1) is 0 Å². The molecule has 0 spiro atoms. The molecular formula is C12H23N3O2. The van der Waals surface area contributed by atoms with Crippen molar-refractivity contribution >= 4 is 0 Å². The van der Waals surface area contributed by atoms with Crippen molar-refractivity contribution in [2.24, 2.45) is 12.5 Å². The van der Waals surface area contributed by atoms with Crippen LogP contribution in [0, 0.1) is 5.41 Å². The van der Waals surface area contributed by atoms with Gasteiger partial charge in [0.1, 0.15) is 0 Å². The highest BCUT2D eigenvalue weighted by Crippen LogP contribution is 2.18. The van der Waals surface area contributed by atoms with Crippen molar-refractivity contribution in [2.45, 2.75) is 26.8 Å². The van der Waals surface area contributed by atoms with E-state index in [1.54, 1.807) is 11.8 Å². The van der Waals surface area contributed by atoms with Crippen molar-refractivity contribution in [2.75, 3.05) is 20.3 Å². The molecule has 0 aliphatic rings. The van der Waals surface area contributed by atoms with Crippen molar-refractivity contribution in [3.05, 3.63) is 11.8 Å². The highest BCUT2D eigenvalue weighted by Gasteiger charge is 2.20. The van der Waals surface area contributed by atoms with Crippen LogP contribution in [0.15, 0.2) is 6.07 Å². The van der Waals surface area contributed by atoms with Crippen LogP contribution in [0.5, 0.6) is 5.88 Å². The number of ether oxygens (including phenoxy) is 1. The second kappa shape index (κ2) is 6.02. The van der Waals surface area contributed by atoms with Crippen molar-refractivity contribution in [3.8, 4) is 5.88 Å². The minimum atomic E-state index is -0.0567. The Morgan fingerprint density at radius 3 is 2.76 bits per heavy atom. The zero-order valence-electron chi connectivity index (χ0n) is 11.2. The monoisotopic (exact) mass is 241 g/mol. The fourth-order valence-electron chi connectivity index (χ4n) is 1.57. The Labute approximate surface area is 103 Å². The molecular weight excluding hydrogens is 218 g/mol. The number of aliphatic hydroxyl groups is 1. The van der Waals surface area contributed by atoms with Gasteiger partial charge in [0.2, 0.25) is 5.88 Å². The zero-order chi connectivity index (χ0) is 12.9. The van der Waals surface area contributed by atoms with E-state index in [4.69, 9.17) is 4.74 Å². The lowest BCUT2D eigenvalue weighted by Gasteiger charge is -2.25. The normalized spacial score (nSPS) is 14.6. The van der Waals surface area contributed by atoms with Crippen molar-refractivity contribution in [3.63, 3.8) is 0 Å². The lowest BCUT2D eigenvalue weighted by atomic mass is 9.89. The Balaban J connectivity index is 2.45. The number of hydrogen-bond donors (Lipinski definition) is 2. The number of aryl methyl sites for hydroxylation is 1. The Kier molecular flexibility index (Phi) is 4.96. The van der Waals surface area contributed by atoms with E-state index in [1.165, 1.54) is 0 Å². The van der Waals surface area contributed by atoms with Gasteiger partial charge in [-0.25, -0.2) is 4.68 Å². The molecule has 1 heterocycles. The summed E-state index contributed by atoms with van der Waals surface area (Å²) in [6.07, 6.45) is 0.946. The molecule has 1 rings (SSSR count). The first-order chi connectivity index (χ1) is 8.04. The third-order valence-electron chi connectivity index (χ3n) is 3.19. The summed E-state index contributed by atoms with van der Waals surface area (Å²) in [5.74, 6) is 0.752. The quantitative estimate of drug-likeness (QED) is 0.745. The summed E-state index contributed by atoms with van der Waals surface area (Å²) in [6, 6.07) is 1.91. The second-order valence-electron chi connectivity index (χ2n) is 4.73. The van der Waals surface area contributed by atoms with Crippen LogP contribution in [0.3, 0.4) is 0 Å². The van der Waals surface area contributed by atoms with E-state index in [0.717, 1.165) is 24.5 Å². The summed E-state index contributed by atoms with van der Waals surface area (Å²) < 4.78 is 6.86. The first kappa shape index (κ1) is 14.0. The molecule has 1 unspecified atom stereocenters. The van der Waals surface area contributed by atoms with Gasteiger partial charge < -0.3 is 15.2 Å². The first-order valence-corrected chi connectivity index (χ1v) is 5.93. The van der Waals surface area contributed by atoms with E-state index in [9.17, 15) is 5.11 Å². The molecule has 0 aliphatic carbocycles. The molecule has 0 radical (unpaired) electrons. The zero-order valence-corrected chi connectivity index (χ0v) is 11.2. The van der Waals surface area contributed by atoms with Gasteiger partial charge in [0.25, 0.3) is 0 Å². The minimum Gasteiger partial charge on any atom is -0.481 e. The van der Waals surface area contributed by atoms with Crippen LogP contribution < -0.4 is 10.1 Å². The molecule has 0 aromatic carbocycles. The second-order valence-corrected chi connectivity index (χ2v) is 4.73. The average molecular weight is 241 g/mol. The lowest BCUT2D eigenvalue weighted by molar-refractivity contribution is 0.135. The van der Waals surface area contributed by atoms with Gasteiger partial charge in [-0.05, 0) is 6.42 Å². The SMILES string of the molecule is CCC(C)(CO)CNCc1cc(OC)n(C)n1. The molecule has 98 valence electrons. The topological polar surface area (TPSA) is 59.3 Å². The van der Waals surface area contributed by atoms with E-state index in [-0.39, 0.29) is 12.0 Å². The van der Waals surface area contributed by atoms with E-state index >= 15 is 0 Å². The van der Waals surface area contributed by atoms with Gasteiger partial charge in [0.15, 0.2) is 0 Å². The maximum Gasteiger partial charge on any atom is 0.211 e. The molecule has 5 heteroatoms. The van der Waals surface area contributed by atoms with E-state index in [2.05, 4.69) is 24.3 Å². The summed E-state index contributed by atoms with van der Waals surface area (Å²) in [5.41, 5.74) is 0.888. The molecule has 0 amide bonds. The van der Waals surface area contributed by atoms with Crippen LogP contribution in [0.1, 0.15) is 26.0 Å². The number of aliphatic hydroxyl groups excluding tert-OH is 1. The Hall–Kier alpha value is -1.07. The van der Waals surface area contributed by atoms with Crippen LogP contribution in [-0.4, -0.2) is 35.1 Å². The third kappa shape index (κ3) is 3.71. The molecule has 1 atom stereocenters. The first-order valence-electron chi connectivity index (χ1n) is 5.93. The van der Waals surface area contributed by atoms with Crippen LogP contribution in [-0.2, 0) is 13.6 Å². The van der Waals surface area contributed by atoms with E-state index in [0.29, 0.717) is 6.54 Å². The molecule has 2 N–H and O–H groups in total. The smallest absolute Gasteiger partial charge is 0.211 e. The van der Waals surface area contributed by atoms with Crippen LogP contribution in [0.2, 0.25) is 0 Å². The molecule has 0 saturated heterocycles. The largest absolute Gasteiger partial charge is 0.481 e. The average Bonchev–Trinajstić information content (AvgIpc) is 2.69. The van der Waals surface area contributed by atoms with Gasteiger partial charge in [-0.3, -0.25) is 0 Å². The molecule has 1 aromatic heterocycles. The molecule has 5 nitrogen and oxygen atoms in total. The number of aromatic nitrogens is 2. The van der Waals surface area contributed by atoms with Gasteiger partial charge in [-0.2, -0.15) is 5.10 Å². The van der Waals surface area contributed by atoms with Gasteiger partial charge in [0.05, 0.1) is 12.8 Å². The summed E-state index contributed by atoms with van der Waals surface area (Å²) >= 11 is 0. The maximum atomic E-state index is 9.29. The predicted octanol–water partition coefficient (Wildman–Crippen LogP) is 0.927. The molecule has 0 saturated carbocycles. The van der Waals surface area contributed by atoms with E-state index in [1.807, 2.05) is 13.1 Å². The molecule has 0 bridgehead atoms. The van der Waals surface area contributed by atoms with E-state index < -0.39 is 0 Å². The van der Waals surface area contributed by atoms with Crippen LogP contribution in [0.25, 0.3) is 0 Å².